The molecule has 36 heavy (non-hydrogen) atoms. The van der Waals surface area contributed by atoms with Crippen molar-refractivity contribution < 1.29 is 9.15 Å². The van der Waals surface area contributed by atoms with Gasteiger partial charge in [-0.2, -0.15) is 0 Å². The molecule has 1 aliphatic heterocycles. The standard InChI is InChI=1S/C31H32ClNO3/c1-2-5-22-8-15-27-28(30(31(34)36-29(27)21-22)24-9-11-25(32)12-10-24)20-23-6-13-26(14-7-23)35-19-18-33-16-3-4-17-33/h6-15,21H,2-5,16-20H2,1H3. The van der Waals surface area contributed by atoms with Crippen molar-refractivity contribution in [3.63, 3.8) is 0 Å². The van der Waals surface area contributed by atoms with E-state index < -0.39 is 0 Å². The van der Waals surface area contributed by atoms with Gasteiger partial charge in [-0.1, -0.05) is 61.3 Å². The SMILES string of the molecule is CCCc1ccc2c(Cc3ccc(OCCN4CCCC4)cc3)c(-c3ccc(Cl)cc3)c(=O)oc2c1. The molecular formula is C31H32ClNO3. The molecule has 2 heterocycles. The number of rotatable bonds is 9. The highest BCUT2D eigenvalue weighted by Gasteiger charge is 2.18. The summed E-state index contributed by atoms with van der Waals surface area (Å²) >= 11 is 6.12. The van der Waals surface area contributed by atoms with Crippen LogP contribution in [0.5, 0.6) is 5.75 Å². The minimum absolute atomic E-state index is 0.324. The number of hydrogen-bond donors (Lipinski definition) is 0. The van der Waals surface area contributed by atoms with Crippen molar-refractivity contribution in [2.45, 2.75) is 39.0 Å². The summed E-state index contributed by atoms with van der Waals surface area (Å²) in [7, 11) is 0. The van der Waals surface area contributed by atoms with Crippen molar-refractivity contribution in [3.8, 4) is 16.9 Å². The van der Waals surface area contributed by atoms with Crippen molar-refractivity contribution in [2.24, 2.45) is 0 Å². The van der Waals surface area contributed by atoms with Gasteiger partial charge in [0.25, 0.3) is 0 Å². The van der Waals surface area contributed by atoms with Gasteiger partial charge in [-0.05, 0) is 91.4 Å². The molecule has 0 atom stereocenters. The van der Waals surface area contributed by atoms with Crippen LogP contribution in [0.1, 0.15) is 42.9 Å². The lowest BCUT2D eigenvalue weighted by Crippen LogP contribution is -2.25. The molecule has 0 aliphatic carbocycles. The van der Waals surface area contributed by atoms with E-state index in [-0.39, 0.29) is 5.63 Å². The van der Waals surface area contributed by atoms with Crippen LogP contribution in [0.2, 0.25) is 5.02 Å². The van der Waals surface area contributed by atoms with E-state index in [9.17, 15) is 4.79 Å². The van der Waals surface area contributed by atoms with Crippen LogP contribution in [0, 0.1) is 0 Å². The zero-order valence-electron chi connectivity index (χ0n) is 20.8. The molecule has 0 spiro atoms. The van der Waals surface area contributed by atoms with Crippen LogP contribution in [0.15, 0.2) is 75.9 Å². The van der Waals surface area contributed by atoms with E-state index in [0.717, 1.165) is 47.2 Å². The average Bonchev–Trinajstić information content (AvgIpc) is 3.40. The predicted octanol–water partition coefficient (Wildman–Crippen LogP) is 7.13. The van der Waals surface area contributed by atoms with Gasteiger partial charge < -0.3 is 9.15 Å². The summed E-state index contributed by atoms with van der Waals surface area (Å²) in [6, 6.07) is 21.8. The van der Waals surface area contributed by atoms with E-state index in [2.05, 4.69) is 36.1 Å². The third-order valence-corrected chi connectivity index (χ3v) is 7.18. The van der Waals surface area contributed by atoms with Crippen molar-refractivity contribution in [2.75, 3.05) is 26.2 Å². The number of fused-ring (bicyclic) bond motifs is 1. The van der Waals surface area contributed by atoms with Crippen LogP contribution in [-0.4, -0.2) is 31.1 Å². The largest absolute Gasteiger partial charge is 0.492 e. The molecule has 1 saturated heterocycles. The number of nitrogens with zero attached hydrogens (tertiary/aromatic N) is 1. The van der Waals surface area contributed by atoms with Gasteiger partial charge in [0.1, 0.15) is 17.9 Å². The van der Waals surface area contributed by atoms with Crippen molar-refractivity contribution in [1.29, 1.82) is 0 Å². The van der Waals surface area contributed by atoms with E-state index >= 15 is 0 Å². The number of likely N-dealkylation sites (tertiary alicyclic amines) is 1. The Bertz CT molecular complexity index is 1370. The molecule has 0 amide bonds. The highest BCUT2D eigenvalue weighted by molar-refractivity contribution is 6.30. The van der Waals surface area contributed by atoms with Crippen LogP contribution in [0.4, 0.5) is 0 Å². The Morgan fingerprint density at radius 1 is 0.944 bits per heavy atom. The second kappa shape index (κ2) is 11.3. The molecule has 1 fully saturated rings. The van der Waals surface area contributed by atoms with E-state index in [1.807, 2.05) is 42.5 Å². The van der Waals surface area contributed by atoms with Gasteiger partial charge in [-0.25, -0.2) is 4.79 Å². The first kappa shape index (κ1) is 24.6. The normalized spacial score (nSPS) is 13.9. The quantitative estimate of drug-likeness (QED) is 0.229. The number of benzene rings is 3. The Kier molecular flexibility index (Phi) is 7.74. The van der Waals surface area contributed by atoms with E-state index in [0.29, 0.717) is 29.2 Å². The first-order chi connectivity index (χ1) is 17.6. The fraction of sp³-hybridized carbons (Fsp3) is 0.323. The van der Waals surface area contributed by atoms with Crippen LogP contribution in [0.25, 0.3) is 22.1 Å². The minimum Gasteiger partial charge on any atom is -0.492 e. The number of halogens is 1. The molecule has 0 radical (unpaired) electrons. The molecule has 1 aromatic heterocycles. The number of hydrogen-bond acceptors (Lipinski definition) is 4. The average molecular weight is 502 g/mol. The van der Waals surface area contributed by atoms with Crippen LogP contribution in [-0.2, 0) is 12.8 Å². The van der Waals surface area contributed by atoms with E-state index in [1.165, 1.54) is 31.5 Å². The molecular weight excluding hydrogens is 470 g/mol. The topological polar surface area (TPSA) is 42.7 Å². The van der Waals surface area contributed by atoms with Gasteiger partial charge >= 0.3 is 5.63 Å². The van der Waals surface area contributed by atoms with E-state index in [4.69, 9.17) is 20.8 Å². The molecule has 5 rings (SSSR count). The lowest BCUT2D eigenvalue weighted by atomic mass is 9.92. The summed E-state index contributed by atoms with van der Waals surface area (Å²) in [4.78, 5) is 15.7. The fourth-order valence-corrected chi connectivity index (χ4v) is 5.18. The maximum Gasteiger partial charge on any atom is 0.344 e. The molecule has 4 aromatic rings. The van der Waals surface area contributed by atoms with Crippen LogP contribution >= 0.6 is 11.6 Å². The van der Waals surface area contributed by atoms with E-state index in [1.54, 1.807) is 0 Å². The first-order valence-corrected chi connectivity index (χ1v) is 13.3. The Balaban J connectivity index is 1.45. The van der Waals surface area contributed by atoms with Gasteiger partial charge in [0.2, 0.25) is 0 Å². The summed E-state index contributed by atoms with van der Waals surface area (Å²) < 4.78 is 11.8. The molecule has 0 saturated carbocycles. The predicted molar refractivity (Wildman–Crippen MR) is 147 cm³/mol. The van der Waals surface area contributed by atoms with Crippen molar-refractivity contribution in [1.82, 2.24) is 4.90 Å². The van der Waals surface area contributed by atoms with Crippen LogP contribution < -0.4 is 10.4 Å². The Labute approximate surface area is 217 Å². The summed E-state index contributed by atoms with van der Waals surface area (Å²) in [6.07, 6.45) is 5.19. The molecule has 5 heteroatoms. The second-order valence-electron chi connectivity index (χ2n) is 9.55. The summed E-state index contributed by atoms with van der Waals surface area (Å²) in [5.74, 6) is 0.873. The number of aryl methyl sites for hydroxylation is 1. The van der Waals surface area contributed by atoms with Gasteiger partial charge in [0.05, 0.1) is 5.56 Å². The molecule has 3 aromatic carbocycles. The van der Waals surface area contributed by atoms with Gasteiger partial charge in [0, 0.05) is 17.0 Å². The lowest BCUT2D eigenvalue weighted by molar-refractivity contribution is 0.238. The maximum atomic E-state index is 13.3. The zero-order valence-corrected chi connectivity index (χ0v) is 21.5. The smallest absolute Gasteiger partial charge is 0.344 e. The van der Waals surface area contributed by atoms with Crippen molar-refractivity contribution >= 4 is 22.6 Å². The molecule has 0 N–H and O–H groups in total. The van der Waals surface area contributed by atoms with Gasteiger partial charge in [0.15, 0.2) is 0 Å². The monoisotopic (exact) mass is 501 g/mol. The van der Waals surface area contributed by atoms with Gasteiger partial charge in [-0.3, -0.25) is 4.90 Å². The summed E-state index contributed by atoms with van der Waals surface area (Å²) in [5, 5.41) is 1.60. The summed E-state index contributed by atoms with van der Waals surface area (Å²) in [6.45, 7) is 6.17. The third-order valence-electron chi connectivity index (χ3n) is 6.93. The van der Waals surface area contributed by atoms with Gasteiger partial charge in [-0.15, -0.1) is 0 Å². The van der Waals surface area contributed by atoms with Crippen molar-refractivity contribution in [3.05, 3.63) is 98.9 Å². The molecule has 186 valence electrons. The first-order valence-electron chi connectivity index (χ1n) is 12.9. The Morgan fingerprint density at radius 2 is 1.67 bits per heavy atom. The molecule has 0 unspecified atom stereocenters. The summed E-state index contributed by atoms with van der Waals surface area (Å²) in [5.41, 5.74) is 4.97. The lowest BCUT2D eigenvalue weighted by Gasteiger charge is -2.15. The highest BCUT2D eigenvalue weighted by atomic mass is 35.5. The second-order valence-corrected chi connectivity index (χ2v) is 9.98. The molecule has 1 aliphatic rings. The molecule has 4 nitrogen and oxygen atoms in total. The maximum absolute atomic E-state index is 13.3. The fourth-order valence-electron chi connectivity index (χ4n) is 5.05. The number of ether oxygens (including phenoxy) is 1. The van der Waals surface area contributed by atoms with Crippen LogP contribution in [0.3, 0.4) is 0 Å². The minimum atomic E-state index is -0.324. The Morgan fingerprint density at radius 3 is 2.39 bits per heavy atom. The third kappa shape index (κ3) is 5.66. The zero-order chi connectivity index (χ0) is 24.9. The Hall–Kier alpha value is -3.08. The molecule has 0 bridgehead atoms. The highest BCUT2D eigenvalue weighted by Crippen LogP contribution is 2.31.